The summed E-state index contributed by atoms with van der Waals surface area (Å²) in [6.45, 7) is 5.74. The lowest BCUT2D eigenvalue weighted by Crippen LogP contribution is -2.25. The van der Waals surface area contributed by atoms with Crippen LogP contribution in [0.2, 0.25) is 0 Å². The van der Waals surface area contributed by atoms with E-state index in [-0.39, 0.29) is 0 Å². The number of fused-ring (bicyclic) bond motifs is 1. The van der Waals surface area contributed by atoms with Crippen molar-refractivity contribution >= 4 is 16.5 Å². The van der Waals surface area contributed by atoms with Gasteiger partial charge in [0.2, 0.25) is 0 Å². The lowest BCUT2D eigenvalue weighted by molar-refractivity contribution is 0.0318. The van der Waals surface area contributed by atoms with Crippen LogP contribution in [-0.2, 0) is 4.74 Å². The summed E-state index contributed by atoms with van der Waals surface area (Å²) in [5, 5.41) is 15.6. The van der Waals surface area contributed by atoms with Crippen LogP contribution in [0, 0.1) is 5.92 Å². The smallest absolute Gasteiger partial charge is 0.0945 e. The highest BCUT2D eigenvalue weighted by Gasteiger charge is 2.06. The molecular weight excluding hydrogens is 250 g/mol. The molecule has 2 aromatic carbocycles. The Labute approximate surface area is 120 Å². The molecule has 0 aliphatic rings. The Morgan fingerprint density at radius 2 is 1.80 bits per heavy atom. The molecular formula is C17H23NO2. The van der Waals surface area contributed by atoms with Crippen molar-refractivity contribution in [2.24, 2.45) is 5.92 Å². The van der Waals surface area contributed by atoms with Gasteiger partial charge in [0.15, 0.2) is 0 Å². The van der Waals surface area contributed by atoms with E-state index in [0.29, 0.717) is 25.7 Å². The van der Waals surface area contributed by atoms with Gasteiger partial charge in [0.1, 0.15) is 0 Å². The molecule has 108 valence electrons. The molecule has 2 aromatic rings. The summed E-state index contributed by atoms with van der Waals surface area (Å²) in [4.78, 5) is 0. The molecule has 0 aromatic heterocycles. The minimum absolute atomic E-state index is 0.371. The van der Waals surface area contributed by atoms with Crippen LogP contribution in [0.4, 0.5) is 5.69 Å². The minimum atomic E-state index is -0.493. The number of anilines is 1. The molecule has 0 fully saturated rings. The van der Waals surface area contributed by atoms with Gasteiger partial charge in [0.25, 0.3) is 0 Å². The summed E-state index contributed by atoms with van der Waals surface area (Å²) >= 11 is 0. The van der Waals surface area contributed by atoms with Gasteiger partial charge in [0.05, 0.1) is 12.7 Å². The first-order chi connectivity index (χ1) is 9.66. The monoisotopic (exact) mass is 273 g/mol. The number of hydrogen-bond donors (Lipinski definition) is 2. The van der Waals surface area contributed by atoms with Gasteiger partial charge in [-0.1, -0.05) is 50.2 Å². The van der Waals surface area contributed by atoms with Crippen molar-refractivity contribution in [3.8, 4) is 0 Å². The molecule has 0 bridgehead atoms. The maximum atomic E-state index is 9.91. The van der Waals surface area contributed by atoms with Crippen molar-refractivity contribution in [2.45, 2.75) is 20.0 Å². The first-order valence-corrected chi connectivity index (χ1v) is 7.14. The molecule has 3 nitrogen and oxygen atoms in total. The van der Waals surface area contributed by atoms with Gasteiger partial charge < -0.3 is 15.2 Å². The Hall–Kier alpha value is -1.58. The van der Waals surface area contributed by atoms with Crippen LogP contribution in [-0.4, -0.2) is 31.0 Å². The molecule has 0 amide bonds. The molecule has 1 atom stereocenters. The summed E-state index contributed by atoms with van der Waals surface area (Å²) in [5.74, 6) is 0.494. The summed E-state index contributed by atoms with van der Waals surface area (Å²) in [7, 11) is 0. The maximum absolute atomic E-state index is 9.91. The number of aliphatic hydroxyl groups excluding tert-OH is 1. The quantitative estimate of drug-likeness (QED) is 0.813. The largest absolute Gasteiger partial charge is 0.389 e. The average molecular weight is 273 g/mol. The first kappa shape index (κ1) is 14.8. The zero-order valence-electron chi connectivity index (χ0n) is 12.2. The van der Waals surface area contributed by atoms with E-state index in [4.69, 9.17) is 4.74 Å². The van der Waals surface area contributed by atoms with E-state index in [0.717, 1.165) is 5.69 Å². The van der Waals surface area contributed by atoms with Crippen molar-refractivity contribution in [1.82, 2.24) is 0 Å². The molecule has 0 saturated heterocycles. The third-order valence-electron chi connectivity index (χ3n) is 3.08. The van der Waals surface area contributed by atoms with E-state index in [1.165, 1.54) is 10.8 Å². The molecule has 3 heteroatoms. The SMILES string of the molecule is CC(C)COCC(O)CNc1cccc2ccccc12. The summed E-state index contributed by atoms with van der Waals surface area (Å²) < 4.78 is 5.44. The van der Waals surface area contributed by atoms with Gasteiger partial charge in [0, 0.05) is 24.2 Å². The lowest BCUT2D eigenvalue weighted by Gasteiger charge is -2.15. The number of benzene rings is 2. The summed E-state index contributed by atoms with van der Waals surface area (Å²) in [6, 6.07) is 14.4. The van der Waals surface area contributed by atoms with Gasteiger partial charge in [-0.15, -0.1) is 0 Å². The number of rotatable bonds is 7. The normalized spacial score (nSPS) is 12.8. The van der Waals surface area contributed by atoms with E-state index in [2.05, 4.69) is 37.4 Å². The molecule has 0 radical (unpaired) electrons. The van der Waals surface area contributed by atoms with Crippen LogP contribution >= 0.6 is 0 Å². The molecule has 0 aliphatic carbocycles. The Morgan fingerprint density at radius 3 is 2.60 bits per heavy atom. The number of nitrogens with one attached hydrogen (secondary N) is 1. The van der Waals surface area contributed by atoms with E-state index in [1.807, 2.05) is 24.3 Å². The molecule has 1 unspecified atom stereocenters. The molecule has 2 N–H and O–H groups in total. The van der Waals surface area contributed by atoms with Crippen molar-refractivity contribution in [3.63, 3.8) is 0 Å². The standard InChI is InChI=1S/C17H23NO2/c1-13(2)11-20-12-15(19)10-18-17-9-5-7-14-6-3-4-8-16(14)17/h3-9,13,15,18-19H,10-12H2,1-2H3. The van der Waals surface area contributed by atoms with E-state index < -0.39 is 6.10 Å². The second kappa shape index (κ2) is 7.27. The summed E-state index contributed by atoms with van der Waals surface area (Å²) in [5.41, 5.74) is 1.05. The van der Waals surface area contributed by atoms with Crippen molar-refractivity contribution in [3.05, 3.63) is 42.5 Å². The van der Waals surface area contributed by atoms with Crippen LogP contribution in [0.25, 0.3) is 10.8 Å². The third-order valence-corrected chi connectivity index (χ3v) is 3.08. The fourth-order valence-electron chi connectivity index (χ4n) is 2.11. The fourth-order valence-corrected chi connectivity index (χ4v) is 2.11. The van der Waals surface area contributed by atoms with Crippen LogP contribution in [0.5, 0.6) is 0 Å². The molecule has 2 rings (SSSR count). The van der Waals surface area contributed by atoms with Crippen molar-refractivity contribution in [1.29, 1.82) is 0 Å². The number of ether oxygens (including phenoxy) is 1. The Morgan fingerprint density at radius 1 is 1.05 bits per heavy atom. The van der Waals surface area contributed by atoms with Gasteiger partial charge in [-0.05, 0) is 17.4 Å². The zero-order valence-corrected chi connectivity index (χ0v) is 12.2. The highest BCUT2D eigenvalue weighted by molar-refractivity contribution is 5.93. The predicted molar refractivity (Wildman–Crippen MR) is 84.1 cm³/mol. The van der Waals surface area contributed by atoms with Crippen molar-refractivity contribution in [2.75, 3.05) is 25.1 Å². The minimum Gasteiger partial charge on any atom is -0.389 e. The van der Waals surface area contributed by atoms with E-state index >= 15 is 0 Å². The van der Waals surface area contributed by atoms with Crippen molar-refractivity contribution < 1.29 is 9.84 Å². The molecule has 0 spiro atoms. The van der Waals surface area contributed by atoms with Gasteiger partial charge in [-0.25, -0.2) is 0 Å². The zero-order chi connectivity index (χ0) is 14.4. The van der Waals surface area contributed by atoms with Crippen LogP contribution in [0.1, 0.15) is 13.8 Å². The Balaban J connectivity index is 1.89. The van der Waals surface area contributed by atoms with Gasteiger partial charge in [-0.3, -0.25) is 0 Å². The first-order valence-electron chi connectivity index (χ1n) is 7.14. The number of hydrogen-bond acceptors (Lipinski definition) is 3. The second-order valence-electron chi connectivity index (χ2n) is 5.49. The van der Waals surface area contributed by atoms with Gasteiger partial charge in [-0.2, -0.15) is 0 Å². The predicted octanol–water partition coefficient (Wildman–Crippen LogP) is 3.29. The molecule has 20 heavy (non-hydrogen) atoms. The molecule has 0 heterocycles. The highest BCUT2D eigenvalue weighted by Crippen LogP contribution is 2.22. The highest BCUT2D eigenvalue weighted by atomic mass is 16.5. The van der Waals surface area contributed by atoms with Crippen LogP contribution < -0.4 is 5.32 Å². The number of aliphatic hydroxyl groups is 1. The van der Waals surface area contributed by atoms with E-state index in [9.17, 15) is 5.11 Å². The van der Waals surface area contributed by atoms with Gasteiger partial charge >= 0.3 is 0 Å². The maximum Gasteiger partial charge on any atom is 0.0945 e. The second-order valence-corrected chi connectivity index (χ2v) is 5.49. The van der Waals surface area contributed by atoms with Crippen LogP contribution in [0.15, 0.2) is 42.5 Å². The third kappa shape index (κ3) is 4.22. The molecule has 0 saturated carbocycles. The van der Waals surface area contributed by atoms with Crippen LogP contribution in [0.3, 0.4) is 0 Å². The lowest BCUT2D eigenvalue weighted by atomic mass is 10.1. The topological polar surface area (TPSA) is 41.5 Å². The van der Waals surface area contributed by atoms with E-state index in [1.54, 1.807) is 0 Å². The Kier molecular flexibility index (Phi) is 5.39. The average Bonchev–Trinajstić information content (AvgIpc) is 2.44. The fraction of sp³-hybridized carbons (Fsp3) is 0.412. The summed E-state index contributed by atoms with van der Waals surface area (Å²) in [6.07, 6.45) is -0.493. The Bertz CT molecular complexity index is 534. The molecule has 0 aliphatic heterocycles.